The Hall–Kier alpha value is -1.52. The van der Waals surface area contributed by atoms with E-state index in [0.717, 1.165) is 18.5 Å². The molecule has 0 spiro atoms. The van der Waals surface area contributed by atoms with Gasteiger partial charge in [-0.25, -0.2) is 4.99 Å². The van der Waals surface area contributed by atoms with Crippen LogP contribution in [-0.4, -0.2) is 6.34 Å². The normalized spacial score (nSPS) is 12.2. The van der Waals surface area contributed by atoms with Crippen molar-refractivity contribution in [3.8, 4) is 0 Å². The van der Waals surface area contributed by atoms with Crippen LogP contribution in [0.4, 0.5) is 18.9 Å². The molecule has 2 N–H and O–H groups in total. The summed E-state index contributed by atoms with van der Waals surface area (Å²) in [5.41, 5.74) is 4.68. The molecular weight excluding hydrogens is 181 g/mol. The average Bonchev–Trinajstić information content (AvgIpc) is 2.04. The maximum Gasteiger partial charge on any atom is 0.416 e. The Morgan fingerprint density at radius 3 is 2.08 bits per heavy atom. The number of aliphatic imine (C=N–C) groups is 1. The fourth-order valence-corrected chi connectivity index (χ4v) is 0.823. The lowest BCUT2D eigenvalue weighted by Gasteiger charge is -2.05. The Morgan fingerprint density at radius 2 is 1.69 bits per heavy atom. The summed E-state index contributed by atoms with van der Waals surface area (Å²) >= 11 is 0. The van der Waals surface area contributed by atoms with Crippen molar-refractivity contribution in [2.24, 2.45) is 10.7 Å². The minimum Gasteiger partial charge on any atom is -0.390 e. The van der Waals surface area contributed by atoms with Crippen LogP contribution >= 0.6 is 0 Å². The van der Waals surface area contributed by atoms with Gasteiger partial charge in [0, 0.05) is 0 Å². The predicted octanol–water partition coefficient (Wildman–Crippen LogP) is 2.32. The van der Waals surface area contributed by atoms with Gasteiger partial charge in [-0.2, -0.15) is 13.2 Å². The van der Waals surface area contributed by atoms with Crippen LogP contribution in [0.2, 0.25) is 0 Å². The second-order valence-electron chi connectivity index (χ2n) is 2.32. The van der Waals surface area contributed by atoms with Crippen molar-refractivity contribution in [2.75, 3.05) is 0 Å². The van der Waals surface area contributed by atoms with Crippen molar-refractivity contribution in [3.63, 3.8) is 0 Å². The number of hydrogen-bond acceptors (Lipinski definition) is 1. The van der Waals surface area contributed by atoms with Crippen molar-refractivity contribution in [3.05, 3.63) is 29.8 Å². The minimum absolute atomic E-state index is 0.399. The molecule has 0 unspecified atom stereocenters. The fraction of sp³-hybridized carbons (Fsp3) is 0.125. The van der Waals surface area contributed by atoms with Crippen LogP contribution in [0.5, 0.6) is 0 Å². The lowest BCUT2D eigenvalue weighted by molar-refractivity contribution is -0.137. The second-order valence-corrected chi connectivity index (χ2v) is 2.32. The van der Waals surface area contributed by atoms with E-state index in [4.69, 9.17) is 5.73 Å². The highest BCUT2D eigenvalue weighted by atomic mass is 19.4. The van der Waals surface area contributed by atoms with Gasteiger partial charge in [-0.15, -0.1) is 0 Å². The minimum atomic E-state index is -4.30. The zero-order valence-corrected chi connectivity index (χ0v) is 6.55. The lowest BCUT2D eigenvalue weighted by atomic mass is 10.2. The molecule has 0 saturated heterocycles. The zero-order valence-electron chi connectivity index (χ0n) is 6.55. The van der Waals surface area contributed by atoms with E-state index in [-0.39, 0.29) is 0 Å². The summed E-state index contributed by atoms with van der Waals surface area (Å²) < 4.78 is 36.1. The summed E-state index contributed by atoms with van der Waals surface area (Å²) in [6.07, 6.45) is -3.27. The van der Waals surface area contributed by atoms with Gasteiger partial charge in [-0.05, 0) is 24.3 Å². The van der Waals surface area contributed by atoms with Crippen LogP contribution in [0.25, 0.3) is 0 Å². The predicted molar refractivity (Wildman–Crippen MR) is 43.8 cm³/mol. The highest BCUT2D eigenvalue weighted by Crippen LogP contribution is 2.30. The van der Waals surface area contributed by atoms with Gasteiger partial charge >= 0.3 is 6.18 Å². The molecule has 1 aromatic carbocycles. The first-order valence-electron chi connectivity index (χ1n) is 3.45. The van der Waals surface area contributed by atoms with Crippen molar-refractivity contribution in [1.82, 2.24) is 0 Å². The van der Waals surface area contributed by atoms with E-state index >= 15 is 0 Å². The molecule has 0 amide bonds. The van der Waals surface area contributed by atoms with Gasteiger partial charge in [0.25, 0.3) is 0 Å². The average molecular weight is 188 g/mol. The Balaban J connectivity index is 2.94. The van der Waals surface area contributed by atoms with Gasteiger partial charge in [-0.1, -0.05) is 0 Å². The number of benzene rings is 1. The number of alkyl halides is 3. The standard InChI is InChI=1S/C8H7F3N2/c9-8(10,11)6-1-3-7(4-2-6)13-5-12/h1-5H,(H2,12,13). The third-order valence-corrected chi connectivity index (χ3v) is 1.42. The summed E-state index contributed by atoms with van der Waals surface area (Å²) in [6, 6.07) is 4.43. The van der Waals surface area contributed by atoms with Gasteiger partial charge in [0.15, 0.2) is 0 Å². The van der Waals surface area contributed by atoms with E-state index < -0.39 is 11.7 Å². The molecule has 0 aromatic heterocycles. The van der Waals surface area contributed by atoms with E-state index in [2.05, 4.69) is 4.99 Å². The second kappa shape index (κ2) is 3.47. The molecule has 0 aliphatic carbocycles. The van der Waals surface area contributed by atoms with E-state index in [1.165, 1.54) is 12.1 Å². The number of nitrogens with two attached hydrogens (primary N) is 1. The van der Waals surface area contributed by atoms with E-state index in [9.17, 15) is 13.2 Å². The molecule has 0 radical (unpaired) electrons. The molecule has 5 heteroatoms. The Bertz CT molecular complexity index is 300. The molecule has 0 aliphatic rings. The van der Waals surface area contributed by atoms with E-state index in [0.29, 0.717) is 5.69 Å². The molecule has 0 heterocycles. The largest absolute Gasteiger partial charge is 0.416 e. The van der Waals surface area contributed by atoms with Gasteiger partial charge in [-0.3, -0.25) is 0 Å². The number of rotatable bonds is 1. The summed E-state index contributed by atoms with van der Waals surface area (Å²) in [4.78, 5) is 3.62. The molecule has 13 heavy (non-hydrogen) atoms. The Kier molecular flexibility index (Phi) is 2.55. The Labute approximate surface area is 72.9 Å². The van der Waals surface area contributed by atoms with Crippen LogP contribution in [0.15, 0.2) is 29.3 Å². The molecule has 0 bridgehead atoms. The fourth-order valence-electron chi connectivity index (χ4n) is 0.823. The first-order chi connectivity index (χ1) is 6.04. The van der Waals surface area contributed by atoms with E-state index in [1.807, 2.05) is 0 Å². The highest BCUT2D eigenvalue weighted by Gasteiger charge is 2.29. The highest BCUT2D eigenvalue weighted by molar-refractivity contribution is 5.58. The molecule has 0 aliphatic heterocycles. The SMILES string of the molecule is NC=Nc1ccc(C(F)(F)F)cc1. The first kappa shape index (κ1) is 9.57. The van der Waals surface area contributed by atoms with Crippen molar-refractivity contribution >= 4 is 12.0 Å². The van der Waals surface area contributed by atoms with Crippen LogP contribution in [-0.2, 0) is 6.18 Å². The van der Waals surface area contributed by atoms with Gasteiger partial charge < -0.3 is 5.73 Å². The maximum absolute atomic E-state index is 12.0. The summed E-state index contributed by atoms with van der Waals surface area (Å²) in [5.74, 6) is 0. The topological polar surface area (TPSA) is 38.4 Å². The monoisotopic (exact) mass is 188 g/mol. The van der Waals surface area contributed by atoms with Gasteiger partial charge in [0.05, 0.1) is 17.6 Å². The quantitative estimate of drug-likeness (QED) is 0.533. The maximum atomic E-state index is 12.0. The molecule has 1 rings (SSSR count). The molecule has 0 atom stereocenters. The molecule has 2 nitrogen and oxygen atoms in total. The molecule has 70 valence electrons. The zero-order chi connectivity index (χ0) is 9.90. The number of nitrogens with zero attached hydrogens (tertiary/aromatic N) is 1. The number of hydrogen-bond donors (Lipinski definition) is 1. The van der Waals surface area contributed by atoms with Crippen LogP contribution < -0.4 is 5.73 Å². The summed E-state index contributed by atoms with van der Waals surface area (Å²) in [7, 11) is 0. The van der Waals surface area contributed by atoms with Gasteiger partial charge in [0.1, 0.15) is 0 Å². The summed E-state index contributed by atoms with van der Waals surface area (Å²) in [6.45, 7) is 0. The smallest absolute Gasteiger partial charge is 0.390 e. The van der Waals surface area contributed by atoms with E-state index in [1.54, 1.807) is 0 Å². The van der Waals surface area contributed by atoms with Crippen molar-refractivity contribution in [1.29, 1.82) is 0 Å². The third kappa shape index (κ3) is 2.47. The first-order valence-corrected chi connectivity index (χ1v) is 3.45. The third-order valence-electron chi connectivity index (χ3n) is 1.42. The lowest BCUT2D eigenvalue weighted by Crippen LogP contribution is -2.03. The Morgan fingerprint density at radius 1 is 1.15 bits per heavy atom. The summed E-state index contributed by atoms with van der Waals surface area (Å²) in [5, 5.41) is 0. The molecule has 0 fully saturated rings. The van der Waals surface area contributed by atoms with Crippen LogP contribution in [0.3, 0.4) is 0 Å². The number of halogens is 3. The molecular formula is C8H7F3N2. The van der Waals surface area contributed by atoms with Crippen molar-refractivity contribution in [2.45, 2.75) is 6.18 Å². The molecule has 1 aromatic rings. The van der Waals surface area contributed by atoms with Gasteiger partial charge in [0.2, 0.25) is 0 Å². The molecule has 0 saturated carbocycles. The van der Waals surface area contributed by atoms with Crippen LogP contribution in [0.1, 0.15) is 5.56 Å². The van der Waals surface area contributed by atoms with Crippen molar-refractivity contribution < 1.29 is 13.2 Å². The van der Waals surface area contributed by atoms with Crippen LogP contribution in [0, 0.1) is 0 Å².